The lowest BCUT2D eigenvalue weighted by molar-refractivity contribution is -0.138. The van der Waals surface area contributed by atoms with E-state index in [1.807, 2.05) is 12.1 Å². The highest BCUT2D eigenvalue weighted by Crippen LogP contribution is 2.34. The van der Waals surface area contributed by atoms with Gasteiger partial charge in [-0.3, -0.25) is 9.69 Å². The molecule has 3 aromatic rings. The molecule has 6 heteroatoms. The Labute approximate surface area is 183 Å². The first-order chi connectivity index (χ1) is 15.2. The van der Waals surface area contributed by atoms with Crippen LogP contribution in [0.1, 0.15) is 42.7 Å². The first-order valence-electron chi connectivity index (χ1n) is 11.4. The van der Waals surface area contributed by atoms with E-state index >= 15 is 0 Å². The number of benzene rings is 1. The Hall–Kier alpha value is -2.86. The van der Waals surface area contributed by atoms with Gasteiger partial charge in [-0.25, -0.2) is 4.98 Å². The van der Waals surface area contributed by atoms with Crippen molar-refractivity contribution in [2.45, 2.75) is 38.1 Å². The number of nitrogens with one attached hydrogen (secondary N) is 1. The Balaban J connectivity index is 1.13. The number of nitrogens with two attached hydrogens (primary N) is 1. The van der Waals surface area contributed by atoms with Crippen molar-refractivity contribution >= 4 is 22.6 Å². The Kier molecular flexibility index (Phi) is 5.64. The molecule has 0 radical (unpaired) electrons. The molecule has 1 amide bonds. The van der Waals surface area contributed by atoms with Crippen LogP contribution in [-0.2, 0) is 11.3 Å². The second-order valence-electron chi connectivity index (χ2n) is 9.03. The topological polar surface area (TPSA) is 78.2 Å². The second-order valence-corrected chi connectivity index (χ2v) is 9.03. The first kappa shape index (κ1) is 20.1. The van der Waals surface area contributed by atoms with Crippen LogP contribution in [0.15, 0.2) is 48.8 Å². The van der Waals surface area contributed by atoms with E-state index in [9.17, 15) is 4.79 Å². The van der Waals surface area contributed by atoms with Crippen molar-refractivity contribution in [1.82, 2.24) is 19.8 Å². The van der Waals surface area contributed by atoms with Crippen LogP contribution in [0.25, 0.3) is 10.9 Å². The van der Waals surface area contributed by atoms with Gasteiger partial charge >= 0.3 is 0 Å². The summed E-state index contributed by atoms with van der Waals surface area (Å²) in [5.74, 6) is 1.64. The fraction of sp³-hybridized carbons (Fsp3) is 0.440. The summed E-state index contributed by atoms with van der Waals surface area (Å²) < 4.78 is 0. The number of hydrogen-bond donors (Lipinski definition) is 2. The van der Waals surface area contributed by atoms with Gasteiger partial charge < -0.3 is 15.6 Å². The SMILES string of the molecule is Nc1cc(CN2CCC(C(=O)N3CCC(c4c[nH]c5ccccc45)CC3)CC2)ccn1. The quantitative estimate of drug-likeness (QED) is 0.677. The summed E-state index contributed by atoms with van der Waals surface area (Å²) in [5, 5.41) is 1.33. The van der Waals surface area contributed by atoms with E-state index in [1.54, 1.807) is 6.20 Å². The summed E-state index contributed by atoms with van der Waals surface area (Å²) in [4.78, 5) is 25.1. The van der Waals surface area contributed by atoms with Crippen LogP contribution in [-0.4, -0.2) is 51.9 Å². The molecule has 0 unspecified atom stereocenters. The van der Waals surface area contributed by atoms with Crippen molar-refractivity contribution in [3.8, 4) is 0 Å². The van der Waals surface area contributed by atoms with Crippen LogP contribution in [0.5, 0.6) is 0 Å². The lowest BCUT2D eigenvalue weighted by Gasteiger charge is -2.37. The summed E-state index contributed by atoms with van der Waals surface area (Å²) in [6.45, 7) is 4.55. The zero-order chi connectivity index (χ0) is 21.2. The molecule has 3 N–H and O–H groups in total. The molecule has 2 aliphatic heterocycles. The maximum Gasteiger partial charge on any atom is 0.225 e. The van der Waals surface area contributed by atoms with Crippen molar-refractivity contribution in [2.24, 2.45) is 5.92 Å². The number of nitrogens with zero attached hydrogens (tertiary/aromatic N) is 3. The van der Waals surface area contributed by atoms with Gasteiger partial charge in [0, 0.05) is 48.8 Å². The Bertz CT molecular complexity index is 1040. The van der Waals surface area contributed by atoms with E-state index in [1.165, 1.54) is 22.0 Å². The summed E-state index contributed by atoms with van der Waals surface area (Å²) in [6, 6.07) is 12.5. The number of likely N-dealkylation sites (tertiary alicyclic amines) is 2. The average Bonchev–Trinajstić information content (AvgIpc) is 3.24. The molecule has 162 valence electrons. The van der Waals surface area contributed by atoms with Gasteiger partial charge in [0.25, 0.3) is 0 Å². The normalized spacial score (nSPS) is 19.2. The average molecular weight is 418 g/mol. The van der Waals surface area contributed by atoms with Crippen molar-refractivity contribution in [1.29, 1.82) is 0 Å². The molecule has 4 heterocycles. The highest BCUT2D eigenvalue weighted by atomic mass is 16.2. The van der Waals surface area contributed by atoms with Gasteiger partial charge in [0.15, 0.2) is 0 Å². The molecule has 0 bridgehead atoms. The Morgan fingerprint density at radius 2 is 1.84 bits per heavy atom. The number of anilines is 1. The van der Waals surface area contributed by atoms with Crippen LogP contribution in [0, 0.1) is 5.92 Å². The molecular formula is C25H31N5O. The maximum atomic E-state index is 13.1. The van der Waals surface area contributed by atoms with Gasteiger partial charge in [-0.2, -0.15) is 0 Å². The number of aromatic nitrogens is 2. The molecule has 1 aromatic carbocycles. The number of rotatable bonds is 4. The lowest BCUT2D eigenvalue weighted by atomic mass is 9.88. The van der Waals surface area contributed by atoms with Gasteiger partial charge in [-0.15, -0.1) is 0 Å². The molecule has 2 saturated heterocycles. The highest BCUT2D eigenvalue weighted by molar-refractivity contribution is 5.84. The minimum Gasteiger partial charge on any atom is -0.384 e. The van der Waals surface area contributed by atoms with Crippen LogP contribution in [0.3, 0.4) is 0 Å². The van der Waals surface area contributed by atoms with E-state index < -0.39 is 0 Å². The third-order valence-corrected chi connectivity index (χ3v) is 7.06. The third-order valence-electron chi connectivity index (χ3n) is 7.06. The largest absolute Gasteiger partial charge is 0.384 e. The van der Waals surface area contributed by atoms with Gasteiger partial charge in [-0.1, -0.05) is 18.2 Å². The number of pyridine rings is 1. The predicted octanol–water partition coefficient (Wildman–Crippen LogP) is 3.76. The minimum absolute atomic E-state index is 0.170. The maximum absolute atomic E-state index is 13.1. The van der Waals surface area contributed by atoms with Crippen molar-refractivity contribution in [3.05, 3.63) is 59.9 Å². The van der Waals surface area contributed by atoms with Crippen molar-refractivity contribution < 1.29 is 4.79 Å². The molecule has 31 heavy (non-hydrogen) atoms. The molecule has 6 nitrogen and oxygen atoms in total. The summed E-state index contributed by atoms with van der Waals surface area (Å²) >= 11 is 0. The molecule has 0 atom stereocenters. The molecule has 2 fully saturated rings. The van der Waals surface area contributed by atoms with Crippen molar-refractivity contribution in [3.63, 3.8) is 0 Å². The third kappa shape index (κ3) is 4.30. The summed E-state index contributed by atoms with van der Waals surface area (Å²) in [6.07, 6.45) is 7.93. The second kappa shape index (κ2) is 8.71. The molecule has 0 aliphatic carbocycles. The number of aromatic amines is 1. The number of hydrogen-bond acceptors (Lipinski definition) is 4. The summed E-state index contributed by atoms with van der Waals surface area (Å²) in [5.41, 5.74) is 9.60. The van der Waals surface area contributed by atoms with Gasteiger partial charge in [-0.05, 0) is 74.0 Å². The van der Waals surface area contributed by atoms with Crippen LogP contribution in [0.4, 0.5) is 5.82 Å². The predicted molar refractivity (Wildman–Crippen MR) is 124 cm³/mol. The van der Waals surface area contributed by atoms with Crippen LogP contribution >= 0.6 is 0 Å². The van der Waals surface area contributed by atoms with E-state index in [2.05, 4.69) is 50.2 Å². The number of para-hydroxylation sites is 1. The first-order valence-corrected chi connectivity index (χ1v) is 11.4. The fourth-order valence-electron chi connectivity index (χ4n) is 5.29. The number of carbonyl (C=O) groups excluding carboxylic acids is 1. The van der Waals surface area contributed by atoms with E-state index in [-0.39, 0.29) is 5.92 Å². The number of piperidine rings is 2. The standard InChI is InChI=1S/C25H31N5O/c26-24-15-18(5-10-27-24)17-29-11-6-20(7-12-29)25(31)30-13-8-19(9-14-30)22-16-28-23-4-2-1-3-21(22)23/h1-5,10,15-16,19-20,28H,6-9,11-14,17H2,(H2,26,27). The van der Waals surface area contributed by atoms with E-state index in [0.717, 1.165) is 58.4 Å². The van der Waals surface area contributed by atoms with Crippen molar-refractivity contribution in [2.75, 3.05) is 31.9 Å². The molecule has 0 saturated carbocycles. The molecule has 5 rings (SSSR count). The van der Waals surface area contributed by atoms with Crippen LogP contribution < -0.4 is 5.73 Å². The molecular weight excluding hydrogens is 386 g/mol. The number of fused-ring (bicyclic) bond motifs is 1. The molecule has 2 aliphatic rings. The zero-order valence-corrected chi connectivity index (χ0v) is 18.0. The fourth-order valence-corrected chi connectivity index (χ4v) is 5.29. The van der Waals surface area contributed by atoms with E-state index in [4.69, 9.17) is 5.73 Å². The van der Waals surface area contributed by atoms with E-state index in [0.29, 0.717) is 17.6 Å². The molecule has 0 spiro atoms. The number of carbonyl (C=O) groups is 1. The Morgan fingerprint density at radius 3 is 2.61 bits per heavy atom. The smallest absolute Gasteiger partial charge is 0.225 e. The van der Waals surface area contributed by atoms with Gasteiger partial charge in [0.1, 0.15) is 5.82 Å². The Morgan fingerprint density at radius 1 is 1.06 bits per heavy atom. The zero-order valence-electron chi connectivity index (χ0n) is 18.0. The van der Waals surface area contributed by atoms with Crippen LogP contribution in [0.2, 0.25) is 0 Å². The minimum atomic E-state index is 0.170. The monoisotopic (exact) mass is 417 g/mol. The lowest BCUT2D eigenvalue weighted by Crippen LogP contribution is -2.45. The number of amides is 1. The summed E-state index contributed by atoms with van der Waals surface area (Å²) in [7, 11) is 0. The number of H-pyrrole nitrogens is 1. The highest BCUT2D eigenvalue weighted by Gasteiger charge is 2.31. The number of nitrogen functional groups attached to an aromatic ring is 1. The van der Waals surface area contributed by atoms with Gasteiger partial charge in [0.2, 0.25) is 5.91 Å². The van der Waals surface area contributed by atoms with Gasteiger partial charge in [0.05, 0.1) is 0 Å². The molecule has 2 aromatic heterocycles.